The van der Waals surface area contributed by atoms with Crippen molar-refractivity contribution in [3.05, 3.63) is 34.1 Å². The average molecular weight is 328 g/mol. The minimum atomic E-state index is -0.404. The van der Waals surface area contributed by atoms with Gasteiger partial charge in [-0.25, -0.2) is 4.39 Å². The van der Waals surface area contributed by atoms with E-state index >= 15 is 0 Å². The third kappa shape index (κ3) is 4.03. The van der Waals surface area contributed by atoms with Crippen LogP contribution in [-0.4, -0.2) is 12.5 Å². The molecule has 0 saturated heterocycles. The standard InChI is InChI=1S/C15H19BrFNO/c1-10-3-2-4-11(7-10)9-18-15(19)12-5-6-13(16)14(17)8-12/h5-6,8,10-11H,2-4,7,9H2,1H3,(H,18,19). The summed E-state index contributed by atoms with van der Waals surface area (Å²) >= 11 is 3.08. The van der Waals surface area contributed by atoms with E-state index in [4.69, 9.17) is 0 Å². The average Bonchev–Trinajstić information content (AvgIpc) is 2.39. The van der Waals surface area contributed by atoms with Gasteiger partial charge < -0.3 is 5.32 Å². The van der Waals surface area contributed by atoms with Crippen LogP contribution < -0.4 is 5.32 Å². The molecule has 2 unspecified atom stereocenters. The maximum Gasteiger partial charge on any atom is 0.251 e. The van der Waals surface area contributed by atoms with E-state index in [1.165, 1.54) is 31.7 Å². The van der Waals surface area contributed by atoms with Crippen LogP contribution >= 0.6 is 15.9 Å². The van der Waals surface area contributed by atoms with Crippen LogP contribution in [-0.2, 0) is 0 Å². The number of amides is 1. The molecule has 1 N–H and O–H groups in total. The van der Waals surface area contributed by atoms with Gasteiger partial charge in [-0.15, -0.1) is 0 Å². The second-order valence-corrected chi connectivity index (χ2v) is 6.33. The Hall–Kier alpha value is -0.900. The molecular weight excluding hydrogens is 309 g/mol. The number of carbonyl (C=O) groups excluding carboxylic acids is 1. The quantitative estimate of drug-likeness (QED) is 0.887. The van der Waals surface area contributed by atoms with Crippen molar-refractivity contribution in [1.82, 2.24) is 5.32 Å². The number of rotatable bonds is 3. The molecule has 19 heavy (non-hydrogen) atoms. The fourth-order valence-electron chi connectivity index (χ4n) is 2.72. The third-order valence-corrected chi connectivity index (χ3v) is 4.42. The van der Waals surface area contributed by atoms with Gasteiger partial charge in [-0.1, -0.05) is 19.8 Å². The first-order valence-electron chi connectivity index (χ1n) is 6.79. The topological polar surface area (TPSA) is 29.1 Å². The molecule has 1 fully saturated rings. The highest BCUT2D eigenvalue weighted by Gasteiger charge is 2.19. The van der Waals surface area contributed by atoms with Gasteiger partial charge >= 0.3 is 0 Å². The first-order chi connectivity index (χ1) is 9.06. The van der Waals surface area contributed by atoms with Gasteiger partial charge in [-0.2, -0.15) is 0 Å². The summed E-state index contributed by atoms with van der Waals surface area (Å²) in [5.74, 6) is 0.720. The molecule has 1 aromatic rings. The maximum absolute atomic E-state index is 13.4. The van der Waals surface area contributed by atoms with Crippen molar-refractivity contribution in [2.45, 2.75) is 32.6 Å². The van der Waals surface area contributed by atoms with Crippen molar-refractivity contribution in [3.63, 3.8) is 0 Å². The molecule has 0 radical (unpaired) electrons. The van der Waals surface area contributed by atoms with Gasteiger partial charge in [0.1, 0.15) is 5.82 Å². The Kier molecular flexibility index (Phi) is 4.97. The Labute approximate surface area is 121 Å². The molecule has 0 spiro atoms. The van der Waals surface area contributed by atoms with E-state index in [1.807, 2.05) is 0 Å². The molecule has 1 aliphatic rings. The normalized spacial score (nSPS) is 23.1. The van der Waals surface area contributed by atoms with Gasteiger partial charge in [-0.3, -0.25) is 4.79 Å². The Morgan fingerprint density at radius 1 is 1.47 bits per heavy atom. The molecule has 2 nitrogen and oxygen atoms in total. The predicted octanol–water partition coefficient (Wildman–Crippen LogP) is 4.14. The van der Waals surface area contributed by atoms with E-state index in [1.54, 1.807) is 12.1 Å². The van der Waals surface area contributed by atoms with E-state index in [0.29, 0.717) is 22.5 Å². The summed E-state index contributed by atoms with van der Waals surface area (Å²) in [5.41, 5.74) is 0.379. The van der Waals surface area contributed by atoms with E-state index in [-0.39, 0.29) is 5.91 Å². The minimum Gasteiger partial charge on any atom is -0.352 e. The molecule has 0 bridgehead atoms. The second-order valence-electron chi connectivity index (χ2n) is 5.48. The lowest BCUT2D eigenvalue weighted by atomic mass is 9.82. The van der Waals surface area contributed by atoms with Gasteiger partial charge in [0.05, 0.1) is 4.47 Å². The zero-order valence-electron chi connectivity index (χ0n) is 11.1. The molecule has 104 valence electrons. The molecule has 2 atom stereocenters. The zero-order chi connectivity index (χ0) is 13.8. The summed E-state index contributed by atoms with van der Waals surface area (Å²) in [6.45, 7) is 2.96. The van der Waals surface area contributed by atoms with Crippen LogP contribution in [0.4, 0.5) is 4.39 Å². The summed E-state index contributed by atoms with van der Waals surface area (Å²) in [6.07, 6.45) is 4.89. The van der Waals surface area contributed by atoms with Crippen molar-refractivity contribution in [1.29, 1.82) is 0 Å². The van der Waals surface area contributed by atoms with E-state index in [9.17, 15) is 9.18 Å². The lowest BCUT2D eigenvalue weighted by molar-refractivity contribution is 0.0940. The molecule has 4 heteroatoms. The minimum absolute atomic E-state index is 0.190. The van der Waals surface area contributed by atoms with Gasteiger partial charge in [0.2, 0.25) is 0 Å². The van der Waals surface area contributed by atoms with Crippen LogP contribution in [0.15, 0.2) is 22.7 Å². The number of benzene rings is 1. The van der Waals surface area contributed by atoms with Crippen molar-refractivity contribution in [3.8, 4) is 0 Å². The number of nitrogens with one attached hydrogen (secondary N) is 1. The van der Waals surface area contributed by atoms with Crippen LogP contribution in [0, 0.1) is 17.7 Å². The zero-order valence-corrected chi connectivity index (χ0v) is 12.7. The van der Waals surface area contributed by atoms with Gasteiger partial charge in [-0.05, 0) is 58.8 Å². The second kappa shape index (κ2) is 6.51. The highest BCUT2D eigenvalue weighted by molar-refractivity contribution is 9.10. The first-order valence-corrected chi connectivity index (χ1v) is 7.59. The lowest BCUT2D eigenvalue weighted by Gasteiger charge is -2.26. The fourth-order valence-corrected chi connectivity index (χ4v) is 2.97. The number of carbonyl (C=O) groups is 1. The van der Waals surface area contributed by atoms with Gasteiger partial charge in [0.25, 0.3) is 5.91 Å². The molecule has 1 amide bonds. The summed E-state index contributed by atoms with van der Waals surface area (Å²) in [4.78, 5) is 11.9. The van der Waals surface area contributed by atoms with E-state index in [2.05, 4.69) is 28.2 Å². The Bertz CT molecular complexity index is 463. The van der Waals surface area contributed by atoms with Crippen molar-refractivity contribution < 1.29 is 9.18 Å². The molecule has 1 aromatic carbocycles. The first kappa shape index (κ1) is 14.5. The van der Waals surface area contributed by atoms with Crippen molar-refractivity contribution >= 4 is 21.8 Å². The lowest BCUT2D eigenvalue weighted by Crippen LogP contribution is -2.31. The number of hydrogen-bond donors (Lipinski definition) is 1. The summed E-state index contributed by atoms with van der Waals surface area (Å²) < 4.78 is 13.7. The highest BCUT2D eigenvalue weighted by atomic mass is 79.9. The van der Waals surface area contributed by atoms with Crippen LogP contribution in [0.5, 0.6) is 0 Å². The summed E-state index contributed by atoms with van der Waals surface area (Å²) in [5, 5.41) is 2.91. The van der Waals surface area contributed by atoms with Gasteiger partial charge in [0.15, 0.2) is 0 Å². The molecule has 1 saturated carbocycles. The summed E-state index contributed by atoms with van der Waals surface area (Å²) in [7, 11) is 0. The monoisotopic (exact) mass is 327 g/mol. The highest BCUT2D eigenvalue weighted by Crippen LogP contribution is 2.28. The SMILES string of the molecule is CC1CCCC(CNC(=O)c2ccc(Br)c(F)c2)C1. The molecule has 1 aliphatic carbocycles. The summed E-state index contributed by atoms with van der Waals surface area (Å²) in [6, 6.07) is 4.46. The Morgan fingerprint density at radius 2 is 2.26 bits per heavy atom. The van der Waals surface area contributed by atoms with Crippen LogP contribution in [0.1, 0.15) is 43.0 Å². The Morgan fingerprint density at radius 3 is 2.95 bits per heavy atom. The van der Waals surface area contributed by atoms with Gasteiger partial charge in [0, 0.05) is 12.1 Å². The molecular formula is C15H19BrFNO. The largest absolute Gasteiger partial charge is 0.352 e. The number of halogens is 2. The third-order valence-electron chi connectivity index (χ3n) is 3.78. The van der Waals surface area contributed by atoms with E-state index in [0.717, 1.165) is 5.92 Å². The van der Waals surface area contributed by atoms with Crippen LogP contribution in [0.3, 0.4) is 0 Å². The Balaban J connectivity index is 1.88. The molecule has 0 aliphatic heterocycles. The fraction of sp³-hybridized carbons (Fsp3) is 0.533. The molecule has 2 rings (SSSR count). The predicted molar refractivity (Wildman–Crippen MR) is 77.6 cm³/mol. The van der Waals surface area contributed by atoms with Crippen molar-refractivity contribution in [2.75, 3.05) is 6.54 Å². The molecule has 0 heterocycles. The van der Waals surface area contributed by atoms with Crippen LogP contribution in [0.2, 0.25) is 0 Å². The molecule has 0 aromatic heterocycles. The smallest absolute Gasteiger partial charge is 0.251 e. The van der Waals surface area contributed by atoms with Crippen LogP contribution in [0.25, 0.3) is 0 Å². The number of hydrogen-bond acceptors (Lipinski definition) is 1. The van der Waals surface area contributed by atoms with E-state index < -0.39 is 5.82 Å². The van der Waals surface area contributed by atoms with Crippen molar-refractivity contribution in [2.24, 2.45) is 11.8 Å². The maximum atomic E-state index is 13.4.